The van der Waals surface area contributed by atoms with Gasteiger partial charge < -0.3 is 10.1 Å². The first-order chi connectivity index (χ1) is 14.1. The number of hydrogen-bond acceptors (Lipinski definition) is 4. The summed E-state index contributed by atoms with van der Waals surface area (Å²) >= 11 is 5.92. The van der Waals surface area contributed by atoms with E-state index in [1.807, 2.05) is 36.4 Å². The third-order valence-electron chi connectivity index (χ3n) is 4.45. The molecule has 2 aromatic carbocycles. The van der Waals surface area contributed by atoms with E-state index in [1.165, 1.54) is 10.7 Å². The number of benzene rings is 2. The van der Waals surface area contributed by atoms with Gasteiger partial charge in [-0.1, -0.05) is 41.9 Å². The van der Waals surface area contributed by atoms with Gasteiger partial charge in [0.05, 0.1) is 12.8 Å². The van der Waals surface area contributed by atoms with Crippen molar-refractivity contribution in [3.63, 3.8) is 0 Å². The van der Waals surface area contributed by atoms with Gasteiger partial charge in [0.25, 0.3) is 5.56 Å². The molecule has 0 aliphatic heterocycles. The topological polar surface area (TPSA) is 73.2 Å². The van der Waals surface area contributed by atoms with Gasteiger partial charge in [-0.2, -0.15) is 5.10 Å². The summed E-state index contributed by atoms with van der Waals surface area (Å²) < 4.78 is 6.67. The molecule has 0 saturated carbocycles. The number of rotatable bonds is 8. The molecule has 1 heterocycles. The van der Waals surface area contributed by atoms with Crippen molar-refractivity contribution in [2.45, 2.75) is 25.9 Å². The van der Waals surface area contributed by atoms with Gasteiger partial charge in [0, 0.05) is 41.7 Å². The second-order valence-electron chi connectivity index (χ2n) is 6.48. The van der Waals surface area contributed by atoms with E-state index < -0.39 is 0 Å². The molecule has 0 saturated heterocycles. The summed E-state index contributed by atoms with van der Waals surface area (Å²) in [5.74, 6) is 0.653. The minimum absolute atomic E-state index is 0.0854. The Bertz CT molecular complexity index is 1030. The van der Waals surface area contributed by atoms with E-state index in [-0.39, 0.29) is 11.5 Å². The lowest BCUT2D eigenvalue weighted by Gasteiger charge is -2.10. The number of nitrogens with one attached hydrogen (secondary N) is 1. The Morgan fingerprint density at radius 3 is 2.62 bits per heavy atom. The number of nitrogens with zero attached hydrogens (tertiary/aromatic N) is 2. The van der Waals surface area contributed by atoms with Crippen LogP contribution in [0.25, 0.3) is 11.3 Å². The van der Waals surface area contributed by atoms with Gasteiger partial charge in [-0.05, 0) is 30.7 Å². The minimum Gasteiger partial charge on any atom is -0.496 e. The summed E-state index contributed by atoms with van der Waals surface area (Å²) in [6.45, 7) is 0.759. The number of methoxy groups -OCH3 is 1. The Morgan fingerprint density at radius 2 is 1.86 bits per heavy atom. The number of amides is 1. The molecule has 6 nitrogen and oxygen atoms in total. The maximum atomic E-state index is 12.1. The van der Waals surface area contributed by atoms with Gasteiger partial charge in [-0.15, -0.1) is 0 Å². The number of para-hydroxylation sites is 1. The number of carbonyl (C=O) groups excluding carboxylic acids is 1. The highest BCUT2D eigenvalue weighted by molar-refractivity contribution is 6.30. The van der Waals surface area contributed by atoms with E-state index in [4.69, 9.17) is 16.3 Å². The second kappa shape index (κ2) is 9.89. The first-order valence-corrected chi connectivity index (χ1v) is 9.67. The van der Waals surface area contributed by atoms with Crippen molar-refractivity contribution in [1.82, 2.24) is 15.1 Å². The maximum Gasteiger partial charge on any atom is 0.266 e. The van der Waals surface area contributed by atoms with Crippen LogP contribution in [-0.4, -0.2) is 22.8 Å². The van der Waals surface area contributed by atoms with Crippen LogP contribution in [-0.2, 0) is 17.9 Å². The molecule has 7 heteroatoms. The Balaban J connectivity index is 1.54. The van der Waals surface area contributed by atoms with Gasteiger partial charge in [-0.3, -0.25) is 9.59 Å². The Kier molecular flexibility index (Phi) is 7.03. The first kappa shape index (κ1) is 20.6. The monoisotopic (exact) mass is 411 g/mol. The lowest BCUT2D eigenvalue weighted by atomic mass is 10.1. The van der Waals surface area contributed by atoms with Crippen molar-refractivity contribution < 1.29 is 9.53 Å². The zero-order valence-corrected chi connectivity index (χ0v) is 16.9. The molecule has 0 fully saturated rings. The van der Waals surface area contributed by atoms with Crippen molar-refractivity contribution >= 4 is 17.5 Å². The quantitative estimate of drug-likeness (QED) is 0.613. The summed E-state index contributed by atoms with van der Waals surface area (Å²) in [6, 6.07) is 18.0. The van der Waals surface area contributed by atoms with Crippen molar-refractivity contribution in [1.29, 1.82) is 0 Å². The summed E-state index contributed by atoms with van der Waals surface area (Å²) in [4.78, 5) is 24.2. The highest BCUT2D eigenvalue weighted by Gasteiger charge is 2.07. The van der Waals surface area contributed by atoms with Crippen molar-refractivity contribution in [3.05, 3.63) is 81.6 Å². The highest BCUT2D eigenvalue weighted by Crippen LogP contribution is 2.19. The van der Waals surface area contributed by atoms with Gasteiger partial charge in [0.2, 0.25) is 5.91 Å². The average molecular weight is 412 g/mol. The predicted molar refractivity (Wildman–Crippen MR) is 113 cm³/mol. The van der Waals surface area contributed by atoms with Crippen LogP contribution in [0.5, 0.6) is 5.75 Å². The van der Waals surface area contributed by atoms with Crippen molar-refractivity contribution in [3.8, 4) is 17.0 Å². The van der Waals surface area contributed by atoms with E-state index in [1.54, 1.807) is 25.3 Å². The molecular weight excluding hydrogens is 390 g/mol. The van der Waals surface area contributed by atoms with Gasteiger partial charge in [0.1, 0.15) is 5.75 Å². The van der Waals surface area contributed by atoms with E-state index in [0.29, 0.717) is 36.6 Å². The fourth-order valence-electron chi connectivity index (χ4n) is 2.90. The Morgan fingerprint density at radius 1 is 1.10 bits per heavy atom. The molecule has 0 spiro atoms. The number of halogens is 1. The van der Waals surface area contributed by atoms with Gasteiger partial charge >= 0.3 is 0 Å². The lowest BCUT2D eigenvalue weighted by molar-refractivity contribution is -0.121. The van der Waals surface area contributed by atoms with Crippen LogP contribution in [0.15, 0.2) is 65.5 Å². The van der Waals surface area contributed by atoms with Crippen LogP contribution < -0.4 is 15.6 Å². The number of aryl methyl sites for hydroxylation is 1. The second-order valence-corrected chi connectivity index (χ2v) is 6.92. The smallest absolute Gasteiger partial charge is 0.266 e. The third-order valence-corrected chi connectivity index (χ3v) is 4.70. The van der Waals surface area contributed by atoms with Crippen LogP contribution in [0.3, 0.4) is 0 Å². The molecule has 29 heavy (non-hydrogen) atoms. The van der Waals surface area contributed by atoms with E-state index >= 15 is 0 Å². The number of carbonyl (C=O) groups is 1. The van der Waals surface area contributed by atoms with Crippen LogP contribution in [0.4, 0.5) is 0 Å². The van der Waals surface area contributed by atoms with Crippen molar-refractivity contribution in [2.75, 3.05) is 7.11 Å². The highest BCUT2D eigenvalue weighted by atomic mass is 35.5. The molecule has 0 unspecified atom stereocenters. The molecule has 3 aromatic rings. The number of ether oxygens (including phenoxy) is 1. The molecule has 0 aliphatic rings. The van der Waals surface area contributed by atoms with E-state index in [0.717, 1.165) is 16.9 Å². The zero-order chi connectivity index (χ0) is 20.6. The number of aromatic nitrogens is 2. The minimum atomic E-state index is -0.197. The van der Waals surface area contributed by atoms with Crippen molar-refractivity contribution in [2.24, 2.45) is 0 Å². The zero-order valence-electron chi connectivity index (χ0n) is 16.1. The van der Waals surface area contributed by atoms with Crippen LogP contribution in [0.1, 0.15) is 18.4 Å². The summed E-state index contributed by atoms with van der Waals surface area (Å²) in [5, 5.41) is 7.92. The molecule has 1 amide bonds. The van der Waals surface area contributed by atoms with Gasteiger partial charge in [-0.25, -0.2) is 4.68 Å². The molecule has 0 bridgehead atoms. The Labute approximate surface area is 174 Å². The fourth-order valence-corrected chi connectivity index (χ4v) is 3.03. The summed E-state index contributed by atoms with van der Waals surface area (Å²) in [7, 11) is 1.60. The maximum absolute atomic E-state index is 12.1. The summed E-state index contributed by atoms with van der Waals surface area (Å²) in [6.07, 6.45) is 0.809. The van der Waals surface area contributed by atoms with Gasteiger partial charge in [0.15, 0.2) is 0 Å². The fraction of sp³-hybridized carbons (Fsp3) is 0.227. The molecule has 0 radical (unpaired) electrons. The molecule has 0 atom stereocenters. The standard InChI is InChI=1S/C22H22ClN3O3/c1-29-20-6-3-2-5-17(20)15-24-21(27)7-4-14-26-22(28)13-12-19(25-26)16-8-10-18(23)11-9-16/h2-3,5-6,8-13H,4,7,14-15H2,1H3,(H,24,27). The average Bonchev–Trinajstić information content (AvgIpc) is 2.74. The SMILES string of the molecule is COc1ccccc1CNC(=O)CCCn1nc(-c2ccc(Cl)cc2)ccc1=O. The molecule has 150 valence electrons. The lowest BCUT2D eigenvalue weighted by Crippen LogP contribution is -2.25. The Hall–Kier alpha value is -3.12. The van der Waals surface area contributed by atoms with E-state index in [9.17, 15) is 9.59 Å². The number of hydrogen-bond donors (Lipinski definition) is 1. The van der Waals surface area contributed by atoms with E-state index in [2.05, 4.69) is 10.4 Å². The summed E-state index contributed by atoms with van der Waals surface area (Å²) in [5.41, 5.74) is 2.27. The molecule has 1 N–H and O–H groups in total. The molecule has 0 aliphatic carbocycles. The normalized spacial score (nSPS) is 10.6. The third kappa shape index (κ3) is 5.68. The van der Waals surface area contributed by atoms with Crippen LogP contribution >= 0.6 is 11.6 Å². The largest absolute Gasteiger partial charge is 0.496 e. The molecule has 1 aromatic heterocycles. The van der Waals surface area contributed by atoms with Crippen LogP contribution in [0.2, 0.25) is 5.02 Å². The molecular formula is C22H22ClN3O3. The molecule has 3 rings (SSSR count). The predicted octanol–water partition coefficient (Wildman–Crippen LogP) is 3.67. The first-order valence-electron chi connectivity index (χ1n) is 9.29. The van der Waals surface area contributed by atoms with Crippen LogP contribution in [0, 0.1) is 0 Å².